The van der Waals surface area contributed by atoms with Crippen LogP contribution in [-0.2, 0) is 0 Å². The normalized spacial score (nSPS) is 13.7. The van der Waals surface area contributed by atoms with Crippen LogP contribution in [0.5, 0.6) is 5.75 Å². The number of ether oxygens (including phenoxy) is 1. The molecule has 0 spiro atoms. The predicted octanol–water partition coefficient (Wildman–Crippen LogP) is 1.73. The first-order chi connectivity index (χ1) is 8.22. The van der Waals surface area contributed by atoms with Crippen LogP contribution >= 0.6 is 0 Å². The molecule has 0 bridgehead atoms. The van der Waals surface area contributed by atoms with Crippen LogP contribution in [0.2, 0.25) is 0 Å². The quantitative estimate of drug-likeness (QED) is 0.755. The first kappa shape index (κ1) is 9.84. The van der Waals surface area contributed by atoms with Gasteiger partial charge in [-0.05, 0) is 18.2 Å². The Hall–Kier alpha value is -2.36. The smallest absolute Gasteiger partial charge is 0.258 e. The predicted molar refractivity (Wildman–Crippen MR) is 62.3 cm³/mol. The Labute approximate surface area is 97.2 Å². The van der Waals surface area contributed by atoms with Gasteiger partial charge in [-0.1, -0.05) is 12.1 Å². The highest BCUT2D eigenvalue weighted by atomic mass is 16.5. The topological polar surface area (TPSA) is 55.4 Å². The number of rotatable bonds is 1. The van der Waals surface area contributed by atoms with Gasteiger partial charge in [-0.3, -0.25) is 14.9 Å². The lowest BCUT2D eigenvalue weighted by molar-refractivity contribution is 0.0845. The number of methoxy groups -OCH3 is 1. The molecule has 1 heterocycles. The third-order valence-corrected chi connectivity index (χ3v) is 2.94. The van der Waals surface area contributed by atoms with Gasteiger partial charge < -0.3 is 4.74 Å². The maximum Gasteiger partial charge on any atom is 0.258 e. The van der Waals surface area contributed by atoms with E-state index in [9.17, 15) is 9.59 Å². The summed E-state index contributed by atoms with van der Waals surface area (Å²) >= 11 is 0. The molecule has 3 rings (SSSR count). The molecule has 0 radical (unpaired) electrons. The van der Waals surface area contributed by atoms with E-state index >= 15 is 0 Å². The van der Waals surface area contributed by atoms with E-state index in [4.69, 9.17) is 4.74 Å². The van der Waals surface area contributed by atoms with Gasteiger partial charge >= 0.3 is 0 Å². The average molecular weight is 227 g/mol. The molecule has 2 aromatic carbocycles. The molecule has 1 N–H and O–H groups in total. The summed E-state index contributed by atoms with van der Waals surface area (Å²) in [6.45, 7) is 0. The molecule has 2 aromatic rings. The molecule has 1 aliphatic heterocycles. The van der Waals surface area contributed by atoms with Gasteiger partial charge in [0.1, 0.15) is 5.75 Å². The first-order valence-corrected chi connectivity index (χ1v) is 5.18. The summed E-state index contributed by atoms with van der Waals surface area (Å²) in [5.74, 6) is -0.0594. The Kier molecular flexibility index (Phi) is 1.92. The van der Waals surface area contributed by atoms with E-state index in [1.807, 2.05) is 6.07 Å². The maximum absolute atomic E-state index is 11.7. The number of carbonyl (C=O) groups excluding carboxylic acids is 2. The number of nitrogens with one attached hydrogen (secondary N) is 1. The molecule has 0 aliphatic carbocycles. The van der Waals surface area contributed by atoms with Crippen molar-refractivity contribution in [2.75, 3.05) is 7.11 Å². The van der Waals surface area contributed by atoms with Crippen molar-refractivity contribution in [2.45, 2.75) is 0 Å². The summed E-state index contributed by atoms with van der Waals surface area (Å²) in [5, 5.41) is 3.76. The van der Waals surface area contributed by atoms with Gasteiger partial charge in [-0.15, -0.1) is 0 Å². The highest BCUT2D eigenvalue weighted by Crippen LogP contribution is 2.32. The largest absolute Gasteiger partial charge is 0.496 e. The zero-order chi connectivity index (χ0) is 12.0. The summed E-state index contributed by atoms with van der Waals surface area (Å²) < 4.78 is 5.23. The summed E-state index contributed by atoms with van der Waals surface area (Å²) in [5.41, 5.74) is 1.02. The minimum Gasteiger partial charge on any atom is -0.496 e. The van der Waals surface area contributed by atoms with Crippen LogP contribution in [0.4, 0.5) is 0 Å². The van der Waals surface area contributed by atoms with Gasteiger partial charge in [0.15, 0.2) is 0 Å². The molecule has 4 heteroatoms. The van der Waals surface area contributed by atoms with E-state index in [2.05, 4.69) is 5.32 Å². The third kappa shape index (κ3) is 1.24. The van der Waals surface area contributed by atoms with Crippen LogP contribution in [0.15, 0.2) is 30.3 Å². The molecule has 0 aromatic heterocycles. The highest BCUT2D eigenvalue weighted by molar-refractivity contribution is 6.26. The number of imide groups is 1. The third-order valence-electron chi connectivity index (χ3n) is 2.94. The average Bonchev–Trinajstić information content (AvgIpc) is 2.35. The number of amides is 2. The van der Waals surface area contributed by atoms with Gasteiger partial charge in [0, 0.05) is 21.9 Å². The van der Waals surface area contributed by atoms with Crippen molar-refractivity contribution >= 4 is 22.6 Å². The van der Waals surface area contributed by atoms with Gasteiger partial charge in [0.25, 0.3) is 11.8 Å². The fourth-order valence-corrected chi connectivity index (χ4v) is 2.17. The molecular weight excluding hydrogens is 218 g/mol. The minimum absolute atomic E-state index is 0.360. The summed E-state index contributed by atoms with van der Waals surface area (Å²) in [7, 11) is 1.56. The lowest BCUT2D eigenvalue weighted by Gasteiger charge is -2.17. The highest BCUT2D eigenvalue weighted by Gasteiger charge is 2.25. The molecule has 0 unspecified atom stereocenters. The van der Waals surface area contributed by atoms with Crippen molar-refractivity contribution in [1.29, 1.82) is 0 Å². The zero-order valence-electron chi connectivity index (χ0n) is 9.11. The standard InChI is InChI=1S/C13H9NO3/c1-17-10-6-5-9-11-7(10)3-2-4-8(11)12(15)14-13(9)16/h2-6H,1H3,(H,14,15,16). The second-order valence-corrected chi connectivity index (χ2v) is 3.83. The maximum atomic E-state index is 11.7. The lowest BCUT2D eigenvalue weighted by atomic mass is 9.95. The molecule has 2 amide bonds. The Morgan fingerprint density at radius 2 is 1.71 bits per heavy atom. The van der Waals surface area contributed by atoms with E-state index < -0.39 is 0 Å². The summed E-state index contributed by atoms with van der Waals surface area (Å²) in [6, 6.07) is 8.72. The SMILES string of the molecule is COc1ccc2c3c(cccc13)C(=O)NC2=O. The summed E-state index contributed by atoms with van der Waals surface area (Å²) in [6.07, 6.45) is 0. The van der Waals surface area contributed by atoms with E-state index in [1.54, 1.807) is 31.4 Å². The second-order valence-electron chi connectivity index (χ2n) is 3.83. The Bertz CT molecular complexity index is 641. The second kappa shape index (κ2) is 3.31. The van der Waals surface area contributed by atoms with Crippen LogP contribution < -0.4 is 10.1 Å². The van der Waals surface area contributed by atoms with Crippen LogP contribution in [0.3, 0.4) is 0 Å². The molecule has 84 valence electrons. The van der Waals surface area contributed by atoms with E-state index in [0.29, 0.717) is 22.3 Å². The fraction of sp³-hybridized carbons (Fsp3) is 0.0769. The number of hydrogen-bond donors (Lipinski definition) is 1. The van der Waals surface area contributed by atoms with Crippen molar-refractivity contribution in [2.24, 2.45) is 0 Å². The van der Waals surface area contributed by atoms with Gasteiger partial charge in [-0.25, -0.2) is 0 Å². The van der Waals surface area contributed by atoms with Gasteiger partial charge in [0.05, 0.1) is 7.11 Å². The Morgan fingerprint density at radius 3 is 2.41 bits per heavy atom. The minimum atomic E-state index is -0.360. The zero-order valence-corrected chi connectivity index (χ0v) is 9.11. The van der Waals surface area contributed by atoms with E-state index in [1.165, 1.54) is 0 Å². The first-order valence-electron chi connectivity index (χ1n) is 5.18. The van der Waals surface area contributed by atoms with Crippen LogP contribution in [0.1, 0.15) is 20.7 Å². The molecule has 0 atom stereocenters. The molecule has 17 heavy (non-hydrogen) atoms. The van der Waals surface area contributed by atoms with Gasteiger partial charge in [-0.2, -0.15) is 0 Å². The van der Waals surface area contributed by atoms with Crippen molar-refractivity contribution in [3.8, 4) is 5.75 Å². The van der Waals surface area contributed by atoms with E-state index in [-0.39, 0.29) is 11.8 Å². The van der Waals surface area contributed by atoms with E-state index in [0.717, 1.165) is 5.39 Å². The lowest BCUT2D eigenvalue weighted by Crippen LogP contribution is -2.34. The van der Waals surface area contributed by atoms with Crippen molar-refractivity contribution in [1.82, 2.24) is 5.32 Å². The van der Waals surface area contributed by atoms with Gasteiger partial charge in [0.2, 0.25) is 0 Å². The van der Waals surface area contributed by atoms with Crippen LogP contribution in [-0.4, -0.2) is 18.9 Å². The molecule has 0 saturated heterocycles. The Morgan fingerprint density at radius 1 is 1.00 bits per heavy atom. The molecule has 1 aliphatic rings. The Balaban J connectivity index is 2.51. The van der Waals surface area contributed by atoms with Crippen molar-refractivity contribution < 1.29 is 14.3 Å². The molecular formula is C13H9NO3. The fourth-order valence-electron chi connectivity index (χ4n) is 2.17. The van der Waals surface area contributed by atoms with Crippen LogP contribution in [0.25, 0.3) is 10.8 Å². The summed E-state index contributed by atoms with van der Waals surface area (Å²) in [4.78, 5) is 23.4. The van der Waals surface area contributed by atoms with Crippen LogP contribution in [0, 0.1) is 0 Å². The molecule has 4 nitrogen and oxygen atoms in total. The number of hydrogen-bond acceptors (Lipinski definition) is 3. The van der Waals surface area contributed by atoms with Crippen molar-refractivity contribution in [3.63, 3.8) is 0 Å². The molecule has 0 saturated carbocycles. The number of benzene rings is 2. The number of carbonyl (C=O) groups is 2. The van der Waals surface area contributed by atoms with Crippen molar-refractivity contribution in [3.05, 3.63) is 41.5 Å². The monoisotopic (exact) mass is 227 g/mol. The molecule has 0 fully saturated rings.